The topological polar surface area (TPSA) is 60.8 Å². The van der Waals surface area contributed by atoms with E-state index < -0.39 is 0 Å². The molecule has 0 bridgehead atoms. The normalized spacial score (nSPS) is 10.6. The second-order valence-corrected chi connectivity index (χ2v) is 5.70. The monoisotopic (exact) mass is 357 g/mol. The van der Waals surface area contributed by atoms with E-state index in [2.05, 4.69) is 26.1 Å². The van der Waals surface area contributed by atoms with Gasteiger partial charge in [-0.2, -0.15) is 0 Å². The van der Waals surface area contributed by atoms with Gasteiger partial charge in [0.1, 0.15) is 23.4 Å². The van der Waals surface area contributed by atoms with E-state index in [0.717, 1.165) is 11.1 Å². The first-order chi connectivity index (χ1) is 13.2. The quantitative estimate of drug-likeness (QED) is 0.547. The van der Waals surface area contributed by atoms with E-state index in [1.807, 2.05) is 30.3 Å². The number of methoxy groups -OCH3 is 1. The lowest BCUT2D eigenvalue weighted by molar-refractivity contribution is 0.411. The van der Waals surface area contributed by atoms with Crippen molar-refractivity contribution in [3.8, 4) is 39.8 Å². The van der Waals surface area contributed by atoms with Crippen LogP contribution in [0.5, 0.6) is 5.75 Å². The summed E-state index contributed by atoms with van der Waals surface area (Å²) >= 11 is 0. The summed E-state index contributed by atoms with van der Waals surface area (Å²) in [5.74, 6) is 0.534. The molecule has 0 unspecified atom stereocenters. The minimum Gasteiger partial charge on any atom is -0.492 e. The van der Waals surface area contributed by atoms with Gasteiger partial charge in [-0.25, -0.2) is 14.4 Å². The van der Waals surface area contributed by atoms with Crippen LogP contribution >= 0.6 is 0 Å². The minimum absolute atomic E-state index is 0.288. The molecule has 4 rings (SSSR count). The van der Waals surface area contributed by atoms with Crippen LogP contribution in [0.25, 0.3) is 34.0 Å². The molecule has 0 saturated carbocycles. The van der Waals surface area contributed by atoms with Crippen molar-refractivity contribution in [2.45, 2.75) is 0 Å². The highest BCUT2D eigenvalue weighted by Gasteiger charge is 2.14. The van der Waals surface area contributed by atoms with Crippen molar-refractivity contribution in [1.29, 1.82) is 0 Å². The molecule has 5 nitrogen and oxygen atoms in total. The Morgan fingerprint density at radius 2 is 1.85 bits per heavy atom. The first-order valence-electron chi connectivity index (χ1n) is 8.22. The third kappa shape index (κ3) is 3.50. The first kappa shape index (κ1) is 16.8. The summed E-state index contributed by atoms with van der Waals surface area (Å²) < 4.78 is 18.8. The van der Waals surface area contributed by atoms with Crippen LogP contribution in [0.3, 0.4) is 0 Å². The Labute approximate surface area is 155 Å². The van der Waals surface area contributed by atoms with E-state index in [9.17, 15) is 4.39 Å². The van der Waals surface area contributed by atoms with Gasteiger partial charge in [-0.15, -0.1) is 0 Å². The molecule has 0 fully saturated rings. The van der Waals surface area contributed by atoms with E-state index in [0.29, 0.717) is 28.7 Å². The van der Waals surface area contributed by atoms with E-state index in [1.165, 1.54) is 19.2 Å². The summed E-state index contributed by atoms with van der Waals surface area (Å²) in [5, 5.41) is 0. The molecule has 3 heterocycles. The molecule has 0 amide bonds. The molecule has 0 N–H and O–H groups in total. The lowest BCUT2D eigenvalue weighted by Crippen LogP contribution is -1.99. The maximum absolute atomic E-state index is 13.4. The van der Waals surface area contributed by atoms with Gasteiger partial charge >= 0.3 is 0 Å². The molecular formula is C21H14FN4O. The summed E-state index contributed by atoms with van der Waals surface area (Å²) in [4.78, 5) is 17.5. The molecule has 0 spiro atoms. The molecule has 0 aliphatic rings. The predicted octanol–water partition coefficient (Wildman–Crippen LogP) is 4.22. The van der Waals surface area contributed by atoms with Crippen LogP contribution in [-0.4, -0.2) is 27.0 Å². The molecule has 4 aromatic rings. The minimum atomic E-state index is -0.288. The highest BCUT2D eigenvalue weighted by atomic mass is 19.1. The van der Waals surface area contributed by atoms with E-state index in [1.54, 1.807) is 24.5 Å². The number of halogens is 1. The van der Waals surface area contributed by atoms with Crippen LogP contribution < -0.4 is 4.74 Å². The van der Waals surface area contributed by atoms with Gasteiger partial charge in [0.25, 0.3) is 0 Å². The second kappa shape index (κ2) is 7.29. The number of aromatic nitrogens is 4. The molecule has 0 saturated heterocycles. The van der Waals surface area contributed by atoms with E-state index >= 15 is 0 Å². The van der Waals surface area contributed by atoms with E-state index in [4.69, 9.17) is 4.74 Å². The molecule has 1 aromatic carbocycles. The zero-order valence-corrected chi connectivity index (χ0v) is 14.4. The Kier molecular flexibility index (Phi) is 4.53. The van der Waals surface area contributed by atoms with Crippen LogP contribution in [-0.2, 0) is 0 Å². The molecule has 0 aliphatic heterocycles. The van der Waals surface area contributed by atoms with Crippen LogP contribution in [0, 0.1) is 12.0 Å². The van der Waals surface area contributed by atoms with Crippen molar-refractivity contribution in [2.24, 2.45) is 0 Å². The maximum Gasteiger partial charge on any atom is 0.179 e. The van der Waals surface area contributed by atoms with Crippen molar-refractivity contribution in [3.63, 3.8) is 0 Å². The summed E-state index contributed by atoms with van der Waals surface area (Å²) in [5.41, 5.74) is 3.31. The average Bonchev–Trinajstić information content (AvgIpc) is 2.74. The van der Waals surface area contributed by atoms with Crippen LogP contribution in [0.4, 0.5) is 4.39 Å². The van der Waals surface area contributed by atoms with Gasteiger partial charge in [0.15, 0.2) is 11.6 Å². The number of pyridine rings is 2. The van der Waals surface area contributed by atoms with Crippen molar-refractivity contribution in [3.05, 3.63) is 79.0 Å². The lowest BCUT2D eigenvalue weighted by Gasteiger charge is -2.09. The predicted molar refractivity (Wildman–Crippen MR) is 99.3 cm³/mol. The molecule has 6 heteroatoms. The van der Waals surface area contributed by atoms with Crippen molar-refractivity contribution in [2.75, 3.05) is 7.11 Å². The van der Waals surface area contributed by atoms with E-state index in [-0.39, 0.29) is 5.82 Å². The fourth-order valence-electron chi connectivity index (χ4n) is 2.64. The zero-order valence-electron chi connectivity index (χ0n) is 14.4. The lowest BCUT2D eigenvalue weighted by atomic mass is 10.1. The number of ether oxygens (including phenoxy) is 1. The number of hydrogen-bond acceptors (Lipinski definition) is 5. The Hall–Kier alpha value is -3.67. The highest BCUT2D eigenvalue weighted by molar-refractivity contribution is 5.69. The molecule has 27 heavy (non-hydrogen) atoms. The number of hydrogen-bond donors (Lipinski definition) is 0. The van der Waals surface area contributed by atoms with Gasteiger partial charge in [0, 0.05) is 18.0 Å². The molecule has 0 atom stereocenters. The first-order valence-corrected chi connectivity index (χ1v) is 8.22. The summed E-state index contributed by atoms with van der Waals surface area (Å²) in [6.07, 6.45) is 6.19. The van der Waals surface area contributed by atoms with Crippen molar-refractivity contribution in [1.82, 2.24) is 19.9 Å². The van der Waals surface area contributed by atoms with Gasteiger partial charge in [-0.05, 0) is 35.9 Å². The maximum atomic E-state index is 13.4. The SMILES string of the molecule is COc1[c]nc(-c2ccccn2)nc1-c1ccc(-c2cccc(F)c2)cn1. The number of nitrogens with zero attached hydrogens (tertiary/aromatic N) is 4. The number of rotatable bonds is 4. The zero-order chi connectivity index (χ0) is 18.6. The van der Waals surface area contributed by atoms with Crippen molar-refractivity contribution >= 4 is 0 Å². The van der Waals surface area contributed by atoms with Crippen LogP contribution in [0.2, 0.25) is 0 Å². The molecular weight excluding hydrogens is 343 g/mol. The van der Waals surface area contributed by atoms with Gasteiger partial charge < -0.3 is 4.74 Å². The third-order valence-electron chi connectivity index (χ3n) is 3.96. The molecule has 131 valence electrons. The summed E-state index contributed by atoms with van der Waals surface area (Å²) in [7, 11) is 1.53. The summed E-state index contributed by atoms with van der Waals surface area (Å²) in [6, 6.07) is 15.5. The van der Waals surface area contributed by atoms with Gasteiger partial charge in [0.05, 0.1) is 12.8 Å². The van der Waals surface area contributed by atoms with Crippen LogP contribution in [0.1, 0.15) is 0 Å². The highest BCUT2D eigenvalue weighted by Crippen LogP contribution is 2.29. The average molecular weight is 357 g/mol. The fourth-order valence-corrected chi connectivity index (χ4v) is 2.64. The Morgan fingerprint density at radius 1 is 0.926 bits per heavy atom. The Bertz CT molecular complexity index is 1070. The smallest absolute Gasteiger partial charge is 0.179 e. The largest absolute Gasteiger partial charge is 0.492 e. The Morgan fingerprint density at radius 3 is 2.56 bits per heavy atom. The molecule has 0 aliphatic carbocycles. The second-order valence-electron chi connectivity index (χ2n) is 5.70. The fraction of sp³-hybridized carbons (Fsp3) is 0.0476. The van der Waals surface area contributed by atoms with Gasteiger partial charge in [0.2, 0.25) is 0 Å². The van der Waals surface area contributed by atoms with Crippen molar-refractivity contribution < 1.29 is 9.13 Å². The molecule has 1 radical (unpaired) electrons. The molecule has 3 aromatic heterocycles. The third-order valence-corrected chi connectivity index (χ3v) is 3.96. The van der Waals surface area contributed by atoms with Crippen LogP contribution in [0.15, 0.2) is 67.0 Å². The number of benzene rings is 1. The summed E-state index contributed by atoms with van der Waals surface area (Å²) in [6.45, 7) is 0. The Balaban J connectivity index is 1.74. The van der Waals surface area contributed by atoms with Gasteiger partial charge in [-0.3, -0.25) is 9.97 Å². The standard InChI is InChI=1S/C21H14FN4O/c1-27-19-13-25-21(18-7-2-3-10-23-18)26-20(19)17-9-8-15(12-24-17)14-5-4-6-16(22)11-14/h2-12H,1H3. The van der Waals surface area contributed by atoms with Gasteiger partial charge in [-0.1, -0.05) is 24.3 Å².